The molecular formula is C23H27NO2. The van der Waals surface area contributed by atoms with Gasteiger partial charge in [-0.1, -0.05) is 66.2 Å². The van der Waals surface area contributed by atoms with E-state index in [0.29, 0.717) is 0 Å². The maximum absolute atomic E-state index is 10.6. The summed E-state index contributed by atoms with van der Waals surface area (Å²) < 4.78 is 0. The molecule has 2 aromatic rings. The lowest BCUT2D eigenvalue weighted by Gasteiger charge is -2.30. The molecule has 1 aliphatic heterocycles. The molecule has 3 heteroatoms. The predicted molar refractivity (Wildman–Crippen MR) is 106 cm³/mol. The average molecular weight is 349 g/mol. The third-order valence-corrected chi connectivity index (χ3v) is 5.05. The summed E-state index contributed by atoms with van der Waals surface area (Å²) in [6, 6.07) is 21.4. The van der Waals surface area contributed by atoms with Crippen molar-refractivity contribution >= 4 is 11.5 Å². The average Bonchev–Trinajstić information content (AvgIpc) is 2.68. The van der Waals surface area contributed by atoms with Crippen LogP contribution >= 0.6 is 0 Å². The molecule has 3 nitrogen and oxygen atoms in total. The number of aliphatic carboxylic acids is 1. The summed E-state index contributed by atoms with van der Waals surface area (Å²) in [4.78, 5) is 13.1. The minimum Gasteiger partial charge on any atom is -0.481 e. The summed E-state index contributed by atoms with van der Waals surface area (Å²) in [5.41, 5.74) is 5.51. The van der Waals surface area contributed by atoms with Gasteiger partial charge in [0.05, 0.1) is 0 Å². The Kier molecular flexibility index (Phi) is 6.62. The zero-order valence-corrected chi connectivity index (χ0v) is 15.2. The number of likely N-dealkylation sites (tertiary alicyclic amines) is 1. The molecule has 0 atom stereocenters. The van der Waals surface area contributed by atoms with Crippen LogP contribution in [0.5, 0.6) is 0 Å². The van der Waals surface area contributed by atoms with Crippen molar-refractivity contribution < 1.29 is 9.90 Å². The van der Waals surface area contributed by atoms with E-state index < -0.39 is 5.97 Å². The fourth-order valence-electron chi connectivity index (χ4n) is 3.69. The van der Waals surface area contributed by atoms with Crippen LogP contribution in [0.1, 0.15) is 43.2 Å². The molecule has 0 saturated carbocycles. The van der Waals surface area contributed by atoms with Gasteiger partial charge >= 0.3 is 5.97 Å². The van der Waals surface area contributed by atoms with Crippen LogP contribution in [0.2, 0.25) is 0 Å². The molecule has 0 aliphatic carbocycles. The maximum Gasteiger partial charge on any atom is 0.303 e. The number of carboxylic acids is 1. The Bertz CT molecular complexity index is 686. The molecule has 0 spiro atoms. The van der Waals surface area contributed by atoms with Gasteiger partial charge in [0.2, 0.25) is 0 Å². The highest BCUT2D eigenvalue weighted by Gasteiger charge is 2.18. The molecule has 2 aromatic carbocycles. The lowest BCUT2D eigenvalue weighted by atomic mass is 9.88. The number of hydrogen-bond acceptors (Lipinski definition) is 2. The topological polar surface area (TPSA) is 40.5 Å². The third-order valence-electron chi connectivity index (χ3n) is 5.05. The van der Waals surface area contributed by atoms with Crippen LogP contribution in [-0.2, 0) is 4.79 Å². The van der Waals surface area contributed by atoms with Gasteiger partial charge in [-0.15, -0.1) is 0 Å². The van der Waals surface area contributed by atoms with E-state index in [9.17, 15) is 4.79 Å². The highest BCUT2D eigenvalue weighted by atomic mass is 16.4. The molecule has 136 valence electrons. The van der Waals surface area contributed by atoms with Crippen molar-refractivity contribution in [2.75, 3.05) is 19.6 Å². The van der Waals surface area contributed by atoms with Gasteiger partial charge in [-0.25, -0.2) is 0 Å². The molecule has 1 aliphatic rings. The zero-order chi connectivity index (χ0) is 18.2. The SMILES string of the molecule is O=C(O)CCCCN1CCC(=C(c2ccccc2)c2ccccc2)CC1. The van der Waals surface area contributed by atoms with Crippen LogP contribution < -0.4 is 0 Å². The van der Waals surface area contributed by atoms with Gasteiger partial charge in [0.15, 0.2) is 0 Å². The molecule has 0 amide bonds. The number of nitrogens with zero attached hydrogens (tertiary/aromatic N) is 1. The monoisotopic (exact) mass is 349 g/mol. The maximum atomic E-state index is 10.6. The molecule has 1 heterocycles. The van der Waals surface area contributed by atoms with E-state index in [4.69, 9.17) is 5.11 Å². The number of hydrogen-bond donors (Lipinski definition) is 1. The molecule has 0 bridgehead atoms. The highest BCUT2D eigenvalue weighted by Crippen LogP contribution is 2.32. The number of piperidine rings is 1. The minimum absolute atomic E-state index is 0.283. The fraction of sp³-hybridized carbons (Fsp3) is 0.348. The van der Waals surface area contributed by atoms with Crippen molar-refractivity contribution in [3.63, 3.8) is 0 Å². The van der Waals surface area contributed by atoms with Crippen molar-refractivity contribution in [1.29, 1.82) is 0 Å². The summed E-state index contributed by atoms with van der Waals surface area (Å²) in [6.45, 7) is 3.13. The standard InChI is InChI=1S/C23H27NO2/c25-22(26)13-7-8-16-24-17-14-21(15-18-24)23(19-9-3-1-4-10-19)20-11-5-2-6-12-20/h1-6,9-12H,7-8,13-18H2,(H,25,26). The molecule has 0 radical (unpaired) electrons. The molecule has 1 N–H and O–H groups in total. The number of rotatable bonds is 7. The zero-order valence-electron chi connectivity index (χ0n) is 15.2. The molecule has 1 fully saturated rings. The van der Waals surface area contributed by atoms with Gasteiger partial charge in [0.1, 0.15) is 0 Å². The smallest absolute Gasteiger partial charge is 0.303 e. The quantitative estimate of drug-likeness (QED) is 0.727. The van der Waals surface area contributed by atoms with E-state index in [1.54, 1.807) is 0 Å². The van der Waals surface area contributed by atoms with E-state index in [0.717, 1.165) is 45.3 Å². The summed E-state index contributed by atoms with van der Waals surface area (Å²) in [7, 11) is 0. The van der Waals surface area contributed by atoms with Gasteiger partial charge in [0, 0.05) is 19.5 Å². The van der Waals surface area contributed by atoms with E-state index in [-0.39, 0.29) is 6.42 Å². The van der Waals surface area contributed by atoms with E-state index in [1.807, 2.05) is 0 Å². The molecule has 26 heavy (non-hydrogen) atoms. The Morgan fingerprint density at radius 3 is 1.88 bits per heavy atom. The molecule has 3 rings (SSSR count). The van der Waals surface area contributed by atoms with Gasteiger partial charge in [0.25, 0.3) is 0 Å². The van der Waals surface area contributed by atoms with Crippen molar-refractivity contribution in [3.8, 4) is 0 Å². The lowest BCUT2D eigenvalue weighted by Crippen LogP contribution is -2.32. The molecule has 0 aromatic heterocycles. The van der Waals surface area contributed by atoms with Gasteiger partial charge in [-0.05, 0) is 48.9 Å². The van der Waals surface area contributed by atoms with Crippen LogP contribution in [0.4, 0.5) is 0 Å². The second-order valence-electron chi connectivity index (χ2n) is 6.90. The van der Waals surface area contributed by atoms with Crippen molar-refractivity contribution in [3.05, 3.63) is 77.4 Å². The van der Waals surface area contributed by atoms with Gasteiger partial charge < -0.3 is 10.0 Å². The van der Waals surface area contributed by atoms with E-state index in [2.05, 4.69) is 65.6 Å². The fourth-order valence-corrected chi connectivity index (χ4v) is 3.69. The van der Waals surface area contributed by atoms with Gasteiger partial charge in [-0.2, -0.15) is 0 Å². The Labute approximate surface area is 156 Å². The first-order valence-electron chi connectivity index (χ1n) is 9.51. The van der Waals surface area contributed by atoms with Crippen LogP contribution in [0.15, 0.2) is 66.2 Å². The summed E-state index contributed by atoms with van der Waals surface area (Å²) in [5, 5.41) is 8.74. The van der Waals surface area contributed by atoms with E-state index in [1.165, 1.54) is 22.3 Å². The number of carboxylic acid groups (broad SMARTS) is 1. The van der Waals surface area contributed by atoms with Crippen molar-refractivity contribution in [2.45, 2.75) is 32.1 Å². The summed E-state index contributed by atoms with van der Waals surface area (Å²) in [6.07, 6.45) is 4.19. The first kappa shape index (κ1) is 18.4. The van der Waals surface area contributed by atoms with Crippen LogP contribution in [0, 0.1) is 0 Å². The molecule has 1 saturated heterocycles. The molecule has 0 unspecified atom stereocenters. The van der Waals surface area contributed by atoms with Crippen LogP contribution in [0.25, 0.3) is 5.57 Å². The summed E-state index contributed by atoms with van der Waals surface area (Å²) in [5.74, 6) is -0.691. The normalized spacial score (nSPS) is 15.0. The number of carbonyl (C=O) groups is 1. The summed E-state index contributed by atoms with van der Waals surface area (Å²) >= 11 is 0. The van der Waals surface area contributed by atoms with Crippen molar-refractivity contribution in [2.24, 2.45) is 0 Å². The largest absolute Gasteiger partial charge is 0.481 e. The van der Waals surface area contributed by atoms with Crippen molar-refractivity contribution in [1.82, 2.24) is 4.90 Å². The van der Waals surface area contributed by atoms with Gasteiger partial charge in [-0.3, -0.25) is 4.79 Å². The van der Waals surface area contributed by atoms with Crippen LogP contribution in [-0.4, -0.2) is 35.6 Å². The first-order valence-corrected chi connectivity index (χ1v) is 9.51. The Balaban J connectivity index is 1.70. The lowest BCUT2D eigenvalue weighted by molar-refractivity contribution is -0.137. The predicted octanol–water partition coefficient (Wildman–Crippen LogP) is 4.84. The number of benzene rings is 2. The number of unbranched alkanes of at least 4 members (excludes halogenated alkanes) is 1. The Morgan fingerprint density at radius 2 is 1.38 bits per heavy atom. The minimum atomic E-state index is -0.691. The highest BCUT2D eigenvalue weighted by molar-refractivity contribution is 5.82. The third kappa shape index (κ3) is 5.06. The van der Waals surface area contributed by atoms with E-state index >= 15 is 0 Å². The van der Waals surface area contributed by atoms with Crippen LogP contribution in [0.3, 0.4) is 0 Å². The Morgan fingerprint density at radius 1 is 0.846 bits per heavy atom. The Hall–Kier alpha value is -2.39. The second kappa shape index (κ2) is 9.35. The molecular weight excluding hydrogens is 322 g/mol. The second-order valence-corrected chi connectivity index (χ2v) is 6.90. The first-order chi connectivity index (χ1) is 12.7.